The number of hydrazine groups is 1. The van der Waals surface area contributed by atoms with Gasteiger partial charge in [-0.1, -0.05) is 25.1 Å². The molecular formula is C19H26N2O5. The number of amides is 2. The first-order valence-corrected chi connectivity index (χ1v) is 8.71. The molecule has 0 saturated carbocycles. The fourth-order valence-corrected chi connectivity index (χ4v) is 2.76. The number of esters is 1. The Hall–Kier alpha value is -2.57. The maximum atomic E-state index is 12.6. The topological polar surface area (TPSA) is 84.9 Å². The molecule has 0 spiro atoms. The second-order valence-corrected chi connectivity index (χ2v) is 7.32. The molecule has 0 fully saturated rings. The average molecular weight is 362 g/mol. The first kappa shape index (κ1) is 19.8. The normalized spacial score (nSPS) is 15.0. The second kappa shape index (κ2) is 7.76. The van der Waals surface area contributed by atoms with Crippen LogP contribution in [0.3, 0.4) is 0 Å². The van der Waals surface area contributed by atoms with Crippen LogP contribution < -0.4 is 5.43 Å². The Morgan fingerprint density at radius 1 is 1.31 bits per heavy atom. The molecule has 1 atom stereocenters. The summed E-state index contributed by atoms with van der Waals surface area (Å²) in [7, 11) is 0. The highest BCUT2D eigenvalue weighted by atomic mass is 16.6. The van der Waals surface area contributed by atoms with Crippen molar-refractivity contribution in [1.82, 2.24) is 10.4 Å². The molecule has 1 aromatic carbocycles. The summed E-state index contributed by atoms with van der Waals surface area (Å²) < 4.78 is 10.3. The molecule has 2 rings (SSSR count). The van der Waals surface area contributed by atoms with Gasteiger partial charge in [0, 0.05) is 5.56 Å². The van der Waals surface area contributed by atoms with Crippen molar-refractivity contribution in [2.24, 2.45) is 5.92 Å². The first-order chi connectivity index (χ1) is 12.1. The van der Waals surface area contributed by atoms with Crippen molar-refractivity contribution < 1.29 is 23.9 Å². The summed E-state index contributed by atoms with van der Waals surface area (Å²) in [6, 6.07) is 5.43. The van der Waals surface area contributed by atoms with Gasteiger partial charge in [-0.2, -0.15) is 0 Å². The molecule has 2 amide bonds. The van der Waals surface area contributed by atoms with Crippen LogP contribution in [-0.4, -0.2) is 35.2 Å². The van der Waals surface area contributed by atoms with Crippen molar-refractivity contribution in [2.45, 2.75) is 53.2 Å². The third-order valence-corrected chi connectivity index (χ3v) is 3.86. The van der Waals surface area contributed by atoms with Gasteiger partial charge in [-0.15, -0.1) is 0 Å². The summed E-state index contributed by atoms with van der Waals surface area (Å²) in [5.41, 5.74) is 3.89. The highest BCUT2D eigenvalue weighted by molar-refractivity contribution is 5.99. The molecule has 0 saturated heterocycles. The Bertz CT molecular complexity index is 708. The van der Waals surface area contributed by atoms with Crippen LogP contribution in [0.2, 0.25) is 0 Å². The van der Waals surface area contributed by atoms with Gasteiger partial charge >= 0.3 is 12.1 Å². The lowest BCUT2D eigenvalue weighted by atomic mass is 9.92. The number of carbonyl (C=O) groups is 3. The van der Waals surface area contributed by atoms with Crippen molar-refractivity contribution in [3.63, 3.8) is 0 Å². The number of hydrogen-bond acceptors (Lipinski definition) is 5. The summed E-state index contributed by atoms with van der Waals surface area (Å²) in [5, 5.41) is 1.16. The number of fused-ring (bicyclic) bond motifs is 1. The largest absolute Gasteiger partial charge is 0.466 e. The van der Waals surface area contributed by atoms with Crippen LogP contribution in [0.5, 0.6) is 0 Å². The third kappa shape index (κ3) is 4.74. The molecule has 7 nitrogen and oxygen atoms in total. The van der Waals surface area contributed by atoms with Gasteiger partial charge in [0.15, 0.2) is 0 Å². The summed E-state index contributed by atoms with van der Waals surface area (Å²) in [6.45, 7) is 9.34. The van der Waals surface area contributed by atoms with Crippen LogP contribution >= 0.6 is 0 Å². The van der Waals surface area contributed by atoms with E-state index in [1.165, 1.54) is 0 Å². The molecule has 0 aromatic heterocycles. The lowest BCUT2D eigenvalue weighted by Gasteiger charge is -2.32. The molecule has 1 heterocycles. The summed E-state index contributed by atoms with van der Waals surface area (Å²) >= 11 is 0. The van der Waals surface area contributed by atoms with Gasteiger partial charge in [-0.25, -0.2) is 9.80 Å². The van der Waals surface area contributed by atoms with Crippen LogP contribution in [0.15, 0.2) is 18.2 Å². The van der Waals surface area contributed by atoms with Gasteiger partial charge < -0.3 is 9.47 Å². The number of carbonyl (C=O) groups excluding carboxylic acids is 3. The minimum absolute atomic E-state index is 0.206. The Labute approximate surface area is 153 Å². The molecule has 1 unspecified atom stereocenters. The Kier molecular flexibility index (Phi) is 5.90. The summed E-state index contributed by atoms with van der Waals surface area (Å²) in [5.74, 6) is -1.04. The summed E-state index contributed by atoms with van der Waals surface area (Å²) in [4.78, 5) is 36.7. The zero-order chi connectivity index (χ0) is 19.5. The van der Waals surface area contributed by atoms with Gasteiger partial charge in [0.1, 0.15) is 5.60 Å². The fourth-order valence-electron chi connectivity index (χ4n) is 2.76. The van der Waals surface area contributed by atoms with Crippen LogP contribution in [0.25, 0.3) is 0 Å². The van der Waals surface area contributed by atoms with Crippen LogP contribution in [0.4, 0.5) is 4.79 Å². The van der Waals surface area contributed by atoms with Crippen molar-refractivity contribution in [3.8, 4) is 0 Å². The molecular weight excluding hydrogens is 336 g/mol. The van der Waals surface area contributed by atoms with Crippen molar-refractivity contribution in [3.05, 3.63) is 34.9 Å². The highest BCUT2D eigenvalue weighted by Crippen LogP contribution is 2.24. The minimum Gasteiger partial charge on any atom is -0.466 e. The molecule has 0 bridgehead atoms. The maximum absolute atomic E-state index is 12.6. The molecule has 26 heavy (non-hydrogen) atoms. The van der Waals surface area contributed by atoms with E-state index in [9.17, 15) is 14.4 Å². The summed E-state index contributed by atoms with van der Waals surface area (Å²) in [6.07, 6.45) is -0.219. The lowest BCUT2D eigenvalue weighted by Crippen LogP contribution is -2.51. The van der Waals surface area contributed by atoms with Crippen molar-refractivity contribution in [1.29, 1.82) is 0 Å². The van der Waals surface area contributed by atoms with E-state index in [1.807, 2.05) is 12.1 Å². The Morgan fingerprint density at radius 3 is 2.62 bits per heavy atom. The van der Waals surface area contributed by atoms with E-state index in [0.29, 0.717) is 24.2 Å². The number of hydrogen-bond donors (Lipinski definition) is 1. The molecule has 142 valence electrons. The number of ether oxygens (including phenoxy) is 2. The first-order valence-electron chi connectivity index (χ1n) is 8.71. The zero-order valence-corrected chi connectivity index (χ0v) is 15.9. The molecule has 0 aliphatic carbocycles. The molecule has 1 aromatic rings. The van der Waals surface area contributed by atoms with Crippen LogP contribution in [0.1, 0.15) is 56.1 Å². The minimum atomic E-state index is -0.654. The van der Waals surface area contributed by atoms with Gasteiger partial charge in [0.2, 0.25) is 0 Å². The van der Waals surface area contributed by atoms with Crippen LogP contribution in [0, 0.1) is 5.92 Å². The fraction of sp³-hybridized carbons (Fsp3) is 0.526. The third-order valence-electron chi connectivity index (χ3n) is 3.86. The number of nitrogens with zero attached hydrogens (tertiary/aromatic N) is 1. The number of nitrogens with one attached hydrogen (secondary N) is 1. The van der Waals surface area contributed by atoms with Gasteiger partial charge in [0.25, 0.3) is 5.91 Å². The lowest BCUT2D eigenvalue weighted by molar-refractivity contribution is -0.147. The molecule has 1 N–H and O–H groups in total. The molecule has 1 aliphatic heterocycles. The van der Waals surface area contributed by atoms with Crippen molar-refractivity contribution in [2.75, 3.05) is 6.61 Å². The van der Waals surface area contributed by atoms with Gasteiger partial charge in [-0.3, -0.25) is 15.0 Å². The molecule has 0 radical (unpaired) electrons. The predicted octanol–water partition coefficient (Wildman–Crippen LogP) is 2.82. The average Bonchev–Trinajstić information content (AvgIpc) is 2.53. The van der Waals surface area contributed by atoms with Crippen LogP contribution in [-0.2, 0) is 27.2 Å². The second-order valence-electron chi connectivity index (χ2n) is 7.32. The van der Waals surface area contributed by atoms with E-state index in [-0.39, 0.29) is 24.3 Å². The Morgan fingerprint density at radius 2 is 2.00 bits per heavy atom. The number of rotatable bonds is 4. The van der Waals surface area contributed by atoms with Gasteiger partial charge in [-0.05, 0) is 45.2 Å². The molecule has 1 aliphatic rings. The van der Waals surface area contributed by atoms with E-state index in [4.69, 9.17) is 9.47 Å². The van der Waals surface area contributed by atoms with Crippen molar-refractivity contribution >= 4 is 18.0 Å². The smallest absolute Gasteiger partial charge is 0.429 e. The quantitative estimate of drug-likeness (QED) is 0.833. The Balaban J connectivity index is 2.20. The van der Waals surface area contributed by atoms with E-state index in [2.05, 4.69) is 5.43 Å². The standard InChI is InChI=1S/C19H26N2O5/c1-6-25-17(23)12(2)10-13-8-7-9-14-11-21(20-16(22)15(13)14)18(24)26-19(3,4)5/h7-9,12H,6,10-11H2,1-5H3,(H,20,22). The number of benzene rings is 1. The predicted molar refractivity (Wildman–Crippen MR) is 95.2 cm³/mol. The highest BCUT2D eigenvalue weighted by Gasteiger charge is 2.31. The van der Waals surface area contributed by atoms with E-state index < -0.39 is 11.7 Å². The maximum Gasteiger partial charge on any atom is 0.429 e. The van der Waals surface area contributed by atoms with Gasteiger partial charge in [0.05, 0.1) is 19.1 Å². The zero-order valence-electron chi connectivity index (χ0n) is 15.9. The van der Waals surface area contributed by atoms with E-state index in [1.54, 1.807) is 40.7 Å². The van der Waals surface area contributed by atoms with E-state index >= 15 is 0 Å². The SMILES string of the molecule is CCOC(=O)C(C)Cc1cccc2c1C(=O)NN(C(=O)OC(C)(C)C)C2. The van der Waals surface area contributed by atoms with E-state index in [0.717, 1.165) is 10.6 Å². The monoisotopic (exact) mass is 362 g/mol. The molecule has 7 heteroatoms.